The molecule has 2 N–H and O–H groups in total. The zero-order valence-corrected chi connectivity index (χ0v) is 25.4. The molecule has 0 unspecified atom stereocenters. The summed E-state index contributed by atoms with van der Waals surface area (Å²) in [5.41, 5.74) is 1.26. The Kier molecular flexibility index (Phi) is 10.8. The average Bonchev–Trinajstić information content (AvgIpc) is 3.59. The maximum atomic E-state index is 12.1. The lowest BCUT2D eigenvalue weighted by molar-refractivity contribution is -0.141. The van der Waals surface area contributed by atoms with Crippen LogP contribution in [0.25, 0.3) is 20.4 Å². The zero-order valence-electron chi connectivity index (χ0n) is 23.7. The minimum Gasteiger partial charge on any atom is -0.491 e. The van der Waals surface area contributed by atoms with Gasteiger partial charge in [0.25, 0.3) is 11.8 Å². The highest BCUT2D eigenvalue weighted by atomic mass is 32.1. The molecule has 0 aromatic carbocycles. The van der Waals surface area contributed by atoms with E-state index in [0.29, 0.717) is 44.0 Å². The van der Waals surface area contributed by atoms with Gasteiger partial charge in [0, 0.05) is 25.0 Å². The fourth-order valence-corrected chi connectivity index (χ4v) is 5.61. The van der Waals surface area contributed by atoms with Crippen molar-refractivity contribution in [3.8, 4) is 23.3 Å². The number of fused-ring (bicyclic) bond motifs is 2. The average molecular weight is 619 g/mol. The number of rotatable bonds is 12. The molecular weight excluding hydrogens is 588 g/mol. The molecule has 4 rings (SSSR count). The van der Waals surface area contributed by atoms with Crippen LogP contribution in [-0.2, 0) is 9.59 Å². The lowest BCUT2D eigenvalue weighted by atomic mass is 10.0. The topological polar surface area (TPSA) is 171 Å². The summed E-state index contributed by atoms with van der Waals surface area (Å²) in [5.74, 6) is -2.11. The van der Waals surface area contributed by atoms with Crippen molar-refractivity contribution in [3.63, 3.8) is 0 Å². The van der Waals surface area contributed by atoms with E-state index in [1.54, 1.807) is 24.3 Å². The molecule has 0 saturated carbocycles. The monoisotopic (exact) mass is 618 g/mol. The number of nitrogens with zero attached hydrogens (tertiary/aromatic N) is 2. The molecular formula is C28H30N2O10S2. The van der Waals surface area contributed by atoms with Gasteiger partial charge in [0.15, 0.2) is 23.1 Å². The molecule has 0 bridgehead atoms. The van der Waals surface area contributed by atoms with Gasteiger partial charge in [-0.05, 0) is 12.1 Å². The van der Waals surface area contributed by atoms with Crippen molar-refractivity contribution in [1.82, 2.24) is 9.97 Å². The Balaban J connectivity index is 0.000000230. The molecule has 0 radical (unpaired) electrons. The van der Waals surface area contributed by atoms with Gasteiger partial charge < -0.3 is 29.2 Å². The van der Waals surface area contributed by atoms with Crippen molar-refractivity contribution in [2.24, 2.45) is 11.8 Å². The molecule has 0 amide bonds. The van der Waals surface area contributed by atoms with E-state index >= 15 is 0 Å². The van der Waals surface area contributed by atoms with E-state index in [1.807, 2.05) is 0 Å². The summed E-state index contributed by atoms with van der Waals surface area (Å²) in [6.45, 7) is 3.02. The summed E-state index contributed by atoms with van der Waals surface area (Å²) in [4.78, 5) is 55.3. The first kappa shape index (κ1) is 32.2. The summed E-state index contributed by atoms with van der Waals surface area (Å²) in [6.07, 6.45) is -0.0626. The molecule has 12 nitrogen and oxygen atoms in total. The highest BCUT2D eigenvalue weighted by Gasteiger charge is 2.21. The molecule has 0 spiro atoms. The number of methoxy groups -OCH3 is 4. The summed E-state index contributed by atoms with van der Waals surface area (Å²) >= 11 is 2.53. The summed E-state index contributed by atoms with van der Waals surface area (Å²) in [6, 6.07) is 6.81. The van der Waals surface area contributed by atoms with Crippen LogP contribution < -0.4 is 18.9 Å². The molecule has 2 atom stereocenters. The maximum absolute atomic E-state index is 12.1. The van der Waals surface area contributed by atoms with Crippen LogP contribution >= 0.6 is 22.7 Å². The van der Waals surface area contributed by atoms with E-state index in [2.05, 4.69) is 9.97 Å². The predicted octanol–water partition coefficient (Wildman–Crippen LogP) is 5.21. The van der Waals surface area contributed by atoms with Gasteiger partial charge >= 0.3 is 11.9 Å². The standard InChI is InChI=1S/2C14H15NO5S/c2*1-7(14(17)18)4-9(16)12-5-8-11(21-12)6-10(19-2)13(15-8)20-3/h2*5-7H,4H2,1-3H3,(H,17,18)/t2*7-/m10/s1. The number of hydrogen-bond acceptors (Lipinski definition) is 12. The lowest BCUT2D eigenvalue weighted by Gasteiger charge is -2.05. The number of ketones is 2. The molecule has 4 heterocycles. The van der Waals surface area contributed by atoms with Crippen LogP contribution in [0.15, 0.2) is 24.3 Å². The molecule has 0 aliphatic heterocycles. The van der Waals surface area contributed by atoms with Crippen molar-refractivity contribution in [1.29, 1.82) is 0 Å². The number of carboxylic acid groups (broad SMARTS) is 2. The van der Waals surface area contributed by atoms with Gasteiger partial charge in [-0.15, -0.1) is 22.7 Å². The normalized spacial score (nSPS) is 12.1. The highest BCUT2D eigenvalue weighted by Crippen LogP contribution is 2.35. The molecule has 0 aliphatic rings. The van der Waals surface area contributed by atoms with Crippen LogP contribution in [0.5, 0.6) is 23.3 Å². The Hall–Kier alpha value is -4.30. The minimum atomic E-state index is -0.981. The van der Waals surface area contributed by atoms with E-state index in [0.717, 1.165) is 9.40 Å². The third-order valence-corrected chi connectivity index (χ3v) is 8.30. The lowest BCUT2D eigenvalue weighted by Crippen LogP contribution is -2.13. The molecule has 224 valence electrons. The maximum Gasteiger partial charge on any atom is 0.306 e. The molecule has 0 fully saturated rings. The number of carbonyl (C=O) groups is 4. The molecule has 4 aromatic heterocycles. The first-order valence-corrected chi connectivity index (χ1v) is 14.1. The predicted molar refractivity (Wildman–Crippen MR) is 157 cm³/mol. The number of hydrogen-bond donors (Lipinski definition) is 2. The molecule has 0 aliphatic carbocycles. The fourth-order valence-electron chi connectivity index (χ4n) is 3.65. The van der Waals surface area contributed by atoms with Gasteiger partial charge in [-0.25, -0.2) is 9.97 Å². The third kappa shape index (κ3) is 7.50. The summed E-state index contributed by atoms with van der Waals surface area (Å²) in [5, 5.41) is 17.7. The Bertz CT molecular complexity index is 1430. The fraction of sp³-hybridized carbons (Fsp3) is 0.357. The molecule has 42 heavy (non-hydrogen) atoms. The second-order valence-electron chi connectivity index (χ2n) is 9.12. The van der Waals surface area contributed by atoms with E-state index in [1.165, 1.54) is 65.0 Å². The number of aromatic nitrogens is 2. The van der Waals surface area contributed by atoms with Crippen molar-refractivity contribution in [2.75, 3.05) is 28.4 Å². The van der Waals surface area contributed by atoms with Gasteiger partial charge in [-0.2, -0.15) is 0 Å². The Morgan fingerprint density at radius 1 is 0.667 bits per heavy atom. The Morgan fingerprint density at radius 3 is 1.31 bits per heavy atom. The van der Waals surface area contributed by atoms with Crippen molar-refractivity contribution >= 4 is 66.6 Å². The second kappa shape index (κ2) is 14.0. The van der Waals surface area contributed by atoms with E-state index < -0.39 is 23.8 Å². The highest BCUT2D eigenvalue weighted by molar-refractivity contribution is 7.21. The number of aliphatic carboxylic acids is 2. The van der Waals surface area contributed by atoms with Crippen LogP contribution in [0.3, 0.4) is 0 Å². The van der Waals surface area contributed by atoms with Gasteiger partial charge in [0.05, 0.1) is 70.5 Å². The number of thiophene rings is 2. The van der Waals surface area contributed by atoms with Crippen molar-refractivity contribution < 1.29 is 48.3 Å². The number of carboxylic acids is 2. The van der Waals surface area contributed by atoms with Crippen molar-refractivity contribution in [2.45, 2.75) is 26.7 Å². The van der Waals surface area contributed by atoms with Crippen LogP contribution in [-0.4, -0.2) is 72.1 Å². The molecule has 14 heteroatoms. The zero-order chi connectivity index (χ0) is 31.1. The first-order chi connectivity index (χ1) is 19.9. The second-order valence-corrected chi connectivity index (χ2v) is 11.3. The number of ether oxygens (including phenoxy) is 4. The van der Waals surface area contributed by atoms with E-state index in [9.17, 15) is 19.2 Å². The quantitative estimate of drug-likeness (QED) is 0.199. The smallest absolute Gasteiger partial charge is 0.306 e. The largest absolute Gasteiger partial charge is 0.491 e. The minimum absolute atomic E-state index is 0.0313. The van der Waals surface area contributed by atoms with Crippen LogP contribution in [0, 0.1) is 11.8 Å². The number of carbonyl (C=O) groups excluding carboxylic acids is 2. The molecule has 0 saturated heterocycles. The van der Waals surface area contributed by atoms with Gasteiger partial charge in [-0.1, -0.05) is 13.8 Å². The van der Waals surface area contributed by atoms with Crippen LogP contribution in [0.2, 0.25) is 0 Å². The van der Waals surface area contributed by atoms with Crippen LogP contribution in [0.1, 0.15) is 46.0 Å². The van der Waals surface area contributed by atoms with E-state index in [4.69, 9.17) is 29.2 Å². The first-order valence-electron chi connectivity index (χ1n) is 12.5. The number of Topliss-reactive ketones (excluding diaryl/α,β-unsaturated/α-hetero) is 2. The summed E-state index contributed by atoms with van der Waals surface area (Å²) < 4.78 is 22.1. The SMILES string of the molecule is COc1cc2sc(C(=O)C[C@@H](C)C(=O)O)cc2nc1OC.COc1cc2sc(C(=O)C[C@H](C)C(=O)O)cc2nc1OC. The van der Waals surface area contributed by atoms with Gasteiger partial charge in [-0.3, -0.25) is 19.2 Å². The van der Waals surface area contributed by atoms with E-state index in [-0.39, 0.29) is 24.4 Å². The van der Waals surface area contributed by atoms with Gasteiger partial charge in [0.1, 0.15) is 0 Å². The number of pyridine rings is 2. The Morgan fingerprint density at radius 2 is 1.02 bits per heavy atom. The third-order valence-electron chi connectivity index (χ3n) is 6.07. The Labute approximate surface area is 248 Å². The van der Waals surface area contributed by atoms with Crippen molar-refractivity contribution in [3.05, 3.63) is 34.0 Å². The summed E-state index contributed by atoms with van der Waals surface area (Å²) in [7, 11) is 6.01. The molecule has 4 aromatic rings. The van der Waals surface area contributed by atoms with Crippen LogP contribution in [0.4, 0.5) is 0 Å². The van der Waals surface area contributed by atoms with Gasteiger partial charge in [0.2, 0.25) is 0 Å².